The van der Waals surface area contributed by atoms with E-state index in [2.05, 4.69) is 10.2 Å². The maximum absolute atomic E-state index is 13.1. The Labute approximate surface area is 164 Å². The lowest BCUT2D eigenvalue weighted by Gasteiger charge is -2.46. The molecule has 3 rings (SSSR count). The van der Waals surface area contributed by atoms with Crippen LogP contribution in [0.4, 0.5) is 0 Å². The number of carbonyl (C=O) groups is 2. The number of hydrogen-bond acceptors (Lipinski definition) is 4. The van der Waals surface area contributed by atoms with E-state index >= 15 is 0 Å². The number of benzene rings is 1. The lowest BCUT2D eigenvalue weighted by atomic mass is 9.93. The van der Waals surface area contributed by atoms with Gasteiger partial charge in [0.15, 0.2) is 0 Å². The third-order valence-electron chi connectivity index (χ3n) is 5.23. The van der Waals surface area contributed by atoms with Gasteiger partial charge in [-0.25, -0.2) is 5.10 Å². The highest BCUT2D eigenvalue weighted by Crippen LogP contribution is 2.24. The van der Waals surface area contributed by atoms with Crippen LogP contribution < -0.4 is 5.56 Å². The molecule has 0 saturated carbocycles. The molecule has 0 radical (unpaired) electrons. The first-order chi connectivity index (χ1) is 13.1. The van der Waals surface area contributed by atoms with Crippen LogP contribution in [-0.4, -0.2) is 57.0 Å². The minimum Gasteiger partial charge on any atom is -0.338 e. The van der Waals surface area contributed by atoms with E-state index in [1.54, 1.807) is 12.1 Å². The first kappa shape index (κ1) is 20.0. The van der Waals surface area contributed by atoms with Crippen molar-refractivity contribution in [3.63, 3.8) is 0 Å². The minimum absolute atomic E-state index is 0.0486. The van der Waals surface area contributed by atoms with Gasteiger partial charge in [0.25, 0.3) is 5.56 Å². The molecule has 1 aromatic carbocycles. The summed E-state index contributed by atoms with van der Waals surface area (Å²) in [5, 5.41) is 7.83. The van der Waals surface area contributed by atoms with Crippen molar-refractivity contribution in [1.29, 1.82) is 0 Å². The van der Waals surface area contributed by atoms with Gasteiger partial charge in [-0.15, -0.1) is 0 Å². The molecule has 1 N–H and O–H groups in total. The van der Waals surface area contributed by atoms with Crippen LogP contribution >= 0.6 is 0 Å². The van der Waals surface area contributed by atoms with Crippen molar-refractivity contribution in [2.75, 3.05) is 13.1 Å². The standard InChI is InChI=1S/C21H28N4O3/c1-13-11-24(20(28)21(3,4)5)12-14(2)25(13)18(26)10-17-15-8-6-7-9-16(15)19(27)23-22-17/h6-9,13-14H,10-12H2,1-5H3,(H,23,27). The molecule has 1 fully saturated rings. The summed E-state index contributed by atoms with van der Waals surface area (Å²) in [5.74, 6) is 0.0548. The largest absolute Gasteiger partial charge is 0.338 e. The summed E-state index contributed by atoms with van der Waals surface area (Å²) in [6.45, 7) is 10.7. The molecule has 1 aromatic heterocycles. The number of hydrogen-bond donors (Lipinski definition) is 1. The fraction of sp³-hybridized carbons (Fsp3) is 0.524. The topological polar surface area (TPSA) is 86.4 Å². The number of aromatic amines is 1. The molecule has 2 aromatic rings. The Balaban J connectivity index is 1.80. The van der Waals surface area contributed by atoms with Gasteiger partial charge >= 0.3 is 0 Å². The number of rotatable bonds is 2. The Hall–Kier alpha value is -2.70. The number of nitrogens with zero attached hydrogens (tertiary/aromatic N) is 3. The average Bonchev–Trinajstić information content (AvgIpc) is 2.62. The third-order valence-corrected chi connectivity index (χ3v) is 5.23. The van der Waals surface area contributed by atoms with Crippen LogP contribution in [0.25, 0.3) is 10.8 Å². The Morgan fingerprint density at radius 2 is 1.68 bits per heavy atom. The Kier molecular flexibility index (Phi) is 5.28. The van der Waals surface area contributed by atoms with E-state index in [4.69, 9.17) is 0 Å². The summed E-state index contributed by atoms with van der Waals surface area (Å²) >= 11 is 0. The van der Waals surface area contributed by atoms with Crippen LogP contribution in [0.2, 0.25) is 0 Å². The van der Waals surface area contributed by atoms with Crippen molar-refractivity contribution >= 4 is 22.6 Å². The molecule has 1 saturated heterocycles. The number of H-pyrrole nitrogens is 1. The first-order valence-electron chi connectivity index (χ1n) is 9.66. The number of amides is 2. The Morgan fingerprint density at radius 3 is 2.25 bits per heavy atom. The molecule has 1 aliphatic heterocycles. The van der Waals surface area contributed by atoms with Gasteiger partial charge in [-0.2, -0.15) is 5.10 Å². The third kappa shape index (κ3) is 3.79. The number of aromatic nitrogens is 2. The van der Waals surface area contributed by atoms with Gasteiger partial charge < -0.3 is 9.80 Å². The second-order valence-corrected chi connectivity index (χ2v) is 8.68. The minimum atomic E-state index is -0.440. The summed E-state index contributed by atoms with van der Waals surface area (Å²) in [7, 11) is 0. The number of nitrogens with one attached hydrogen (secondary N) is 1. The molecule has 2 atom stereocenters. The van der Waals surface area contributed by atoms with E-state index in [1.807, 2.05) is 56.6 Å². The molecule has 0 bridgehead atoms. The fourth-order valence-corrected chi connectivity index (χ4v) is 4.00. The SMILES string of the molecule is CC1CN(C(=O)C(C)(C)C)CC(C)N1C(=O)Cc1n[nH]c(=O)c2ccccc12. The summed E-state index contributed by atoms with van der Waals surface area (Å²) in [4.78, 5) is 41.4. The quantitative estimate of drug-likeness (QED) is 0.858. The zero-order valence-corrected chi connectivity index (χ0v) is 17.2. The van der Waals surface area contributed by atoms with E-state index in [9.17, 15) is 14.4 Å². The molecule has 2 unspecified atom stereocenters. The zero-order chi connectivity index (χ0) is 20.6. The molecule has 150 valence electrons. The molecule has 7 heteroatoms. The highest BCUT2D eigenvalue weighted by Gasteiger charge is 2.37. The number of piperazine rings is 1. The molecular formula is C21H28N4O3. The first-order valence-corrected chi connectivity index (χ1v) is 9.66. The van der Waals surface area contributed by atoms with Crippen molar-refractivity contribution in [2.24, 2.45) is 5.41 Å². The summed E-state index contributed by atoms with van der Waals surface area (Å²) in [6, 6.07) is 6.99. The van der Waals surface area contributed by atoms with Gasteiger partial charge in [0.05, 0.1) is 17.5 Å². The van der Waals surface area contributed by atoms with Crippen molar-refractivity contribution < 1.29 is 9.59 Å². The molecule has 0 spiro atoms. The zero-order valence-electron chi connectivity index (χ0n) is 17.2. The predicted octanol–water partition coefficient (Wildman–Crippen LogP) is 1.96. The second kappa shape index (κ2) is 7.37. The van der Waals surface area contributed by atoms with Crippen LogP contribution in [0.1, 0.15) is 40.3 Å². The fourth-order valence-electron chi connectivity index (χ4n) is 4.00. The molecule has 2 heterocycles. The average molecular weight is 384 g/mol. The van der Waals surface area contributed by atoms with E-state index in [0.717, 1.165) is 0 Å². The maximum Gasteiger partial charge on any atom is 0.272 e. The predicted molar refractivity (Wildman–Crippen MR) is 108 cm³/mol. The smallest absolute Gasteiger partial charge is 0.272 e. The van der Waals surface area contributed by atoms with Gasteiger partial charge in [-0.05, 0) is 19.9 Å². The van der Waals surface area contributed by atoms with Crippen molar-refractivity contribution in [3.8, 4) is 0 Å². The van der Waals surface area contributed by atoms with Crippen molar-refractivity contribution in [2.45, 2.75) is 53.1 Å². The number of carbonyl (C=O) groups excluding carboxylic acids is 2. The van der Waals surface area contributed by atoms with Crippen molar-refractivity contribution in [1.82, 2.24) is 20.0 Å². The Bertz CT molecular complexity index is 948. The van der Waals surface area contributed by atoms with Crippen LogP contribution in [0.3, 0.4) is 0 Å². The Morgan fingerprint density at radius 1 is 1.11 bits per heavy atom. The van der Waals surface area contributed by atoms with Crippen LogP contribution in [0.15, 0.2) is 29.1 Å². The molecular weight excluding hydrogens is 356 g/mol. The molecule has 0 aliphatic carbocycles. The maximum atomic E-state index is 13.1. The van der Waals surface area contributed by atoms with E-state index < -0.39 is 5.41 Å². The molecule has 7 nitrogen and oxygen atoms in total. The van der Waals surface area contributed by atoms with Crippen molar-refractivity contribution in [3.05, 3.63) is 40.3 Å². The highest BCUT2D eigenvalue weighted by atomic mass is 16.2. The summed E-state index contributed by atoms with van der Waals surface area (Å²) in [6.07, 6.45) is 0.110. The molecule has 28 heavy (non-hydrogen) atoms. The van der Waals surface area contributed by atoms with Gasteiger partial charge in [-0.1, -0.05) is 39.0 Å². The van der Waals surface area contributed by atoms with Gasteiger partial charge in [0.2, 0.25) is 11.8 Å². The van der Waals surface area contributed by atoms with Crippen LogP contribution in [0.5, 0.6) is 0 Å². The van der Waals surface area contributed by atoms with Gasteiger partial charge in [0.1, 0.15) is 0 Å². The normalized spacial score (nSPS) is 20.5. The second-order valence-electron chi connectivity index (χ2n) is 8.68. The van der Waals surface area contributed by atoms with Crippen LogP contribution in [0, 0.1) is 5.41 Å². The lowest BCUT2D eigenvalue weighted by molar-refractivity contribution is -0.150. The van der Waals surface area contributed by atoms with E-state index in [-0.39, 0.29) is 35.9 Å². The lowest BCUT2D eigenvalue weighted by Crippen LogP contribution is -2.61. The summed E-state index contributed by atoms with van der Waals surface area (Å²) in [5.41, 5.74) is -0.139. The summed E-state index contributed by atoms with van der Waals surface area (Å²) < 4.78 is 0. The highest BCUT2D eigenvalue weighted by molar-refractivity contribution is 5.88. The van der Waals surface area contributed by atoms with E-state index in [1.165, 1.54) is 0 Å². The van der Waals surface area contributed by atoms with E-state index in [0.29, 0.717) is 29.6 Å². The van der Waals surface area contributed by atoms with Gasteiger partial charge in [0, 0.05) is 36.0 Å². The monoisotopic (exact) mass is 384 g/mol. The van der Waals surface area contributed by atoms with Crippen LogP contribution in [-0.2, 0) is 16.0 Å². The number of fused-ring (bicyclic) bond motifs is 1. The van der Waals surface area contributed by atoms with Gasteiger partial charge in [-0.3, -0.25) is 14.4 Å². The molecule has 2 amide bonds. The molecule has 1 aliphatic rings.